The quantitative estimate of drug-likeness (QED) is 0.155. The number of nitrogens with one attached hydrogen (secondary N) is 3. The van der Waals surface area contributed by atoms with Crippen molar-refractivity contribution in [3.63, 3.8) is 0 Å². The third-order valence-corrected chi connectivity index (χ3v) is 7.46. The molecule has 0 aliphatic carbocycles. The number of carboxylic acids is 1. The molecule has 220 valence electrons. The van der Waals surface area contributed by atoms with Crippen LogP contribution >= 0.6 is 0 Å². The van der Waals surface area contributed by atoms with Crippen molar-refractivity contribution in [1.29, 1.82) is 5.41 Å². The molecule has 0 radical (unpaired) electrons. The highest BCUT2D eigenvalue weighted by Gasteiger charge is 2.39. The van der Waals surface area contributed by atoms with Gasteiger partial charge in [0.25, 0.3) is 0 Å². The first-order valence-corrected chi connectivity index (χ1v) is 15.1. The van der Waals surface area contributed by atoms with Crippen LogP contribution in [0.4, 0.5) is 11.5 Å². The standard InChI is InChI=1S/C30H43N5O3.C2H6/c1-21(2)14-16-32-27-23(18-31)8-6-11-26(27)28(30(36)37)35-19-25(20-35)38-17-5-3-4-10-24-13-12-22-9-7-15-33-29(22)34-24;1-2/h6,8,11-13,18,21,25,28,31-32H,3-5,7,9-10,14-17,19-20H2,1-2H3,(H,33,34)(H,36,37);1-2H3. The molecule has 1 aromatic carbocycles. The second-order valence-electron chi connectivity index (χ2n) is 10.9. The van der Waals surface area contributed by atoms with E-state index in [4.69, 9.17) is 15.1 Å². The molecule has 0 amide bonds. The number of carbonyl (C=O) groups is 1. The summed E-state index contributed by atoms with van der Waals surface area (Å²) >= 11 is 0. The number of anilines is 2. The summed E-state index contributed by atoms with van der Waals surface area (Å²) in [6.45, 7) is 12.0. The lowest BCUT2D eigenvalue weighted by Gasteiger charge is -2.43. The average Bonchev–Trinajstić information content (AvgIpc) is 2.94. The topological polar surface area (TPSA) is 111 Å². The maximum absolute atomic E-state index is 12.3. The van der Waals surface area contributed by atoms with E-state index in [0.29, 0.717) is 36.7 Å². The summed E-state index contributed by atoms with van der Waals surface area (Å²) < 4.78 is 6.06. The van der Waals surface area contributed by atoms with E-state index < -0.39 is 12.0 Å². The number of pyridine rings is 1. The molecule has 2 aliphatic heterocycles. The van der Waals surface area contributed by atoms with Gasteiger partial charge in [-0.1, -0.05) is 58.4 Å². The van der Waals surface area contributed by atoms with Gasteiger partial charge in [-0.2, -0.15) is 0 Å². The minimum absolute atomic E-state index is 0.0634. The van der Waals surface area contributed by atoms with Gasteiger partial charge in [-0.05, 0) is 56.1 Å². The van der Waals surface area contributed by atoms with Crippen molar-refractivity contribution in [2.75, 3.05) is 43.4 Å². The van der Waals surface area contributed by atoms with Gasteiger partial charge in [0, 0.05) is 61.5 Å². The van der Waals surface area contributed by atoms with Crippen LogP contribution in [0.1, 0.15) is 88.2 Å². The number of aryl methyl sites for hydroxylation is 2. The van der Waals surface area contributed by atoms with Crippen molar-refractivity contribution in [2.24, 2.45) is 5.92 Å². The summed E-state index contributed by atoms with van der Waals surface area (Å²) in [7, 11) is 0. The first kappa shape index (κ1) is 31.6. The van der Waals surface area contributed by atoms with Crippen molar-refractivity contribution in [3.05, 3.63) is 52.7 Å². The SMILES string of the molecule is CC.CC(C)CCNc1c(C=N)cccc1C(C(=O)O)N1CC(OCCCCCc2ccc3c(n2)NCCC3)C1. The Labute approximate surface area is 240 Å². The summed E-state index contributed by atoms with van der Waals surface area (Å²) in [4.78, 5) is 19.1. The van der Waals surface area contributed by atoms with E-state index in [1.165, 1.54) is 18.2 Å². The van der Waals surface area contributed by atoms with E-state index in [1.54, 1.807) is 0 Å². The first-order chi connectivity index (χ1) is 19.5. The molecule has 1 aromatic heterocycles. The minimum atomic E-state index is -0.872. The molecule has 8 heteroatoms. The maximum atomic E-state index is 12.3. The van der Waals surface area contributed by atoms with Crippen LogP contribution in [0.25, 0.3) is 0 Å². The predicted octanol–water partition coefficient (Wildman–Crippen LogP) is 6.16. The van der Waals surface area contributed by atoms with Crippen molar-refractivity contribution in [2.45, 2.75) is 84.8 Å². The Morgan fingerprint density at radius 2 is 2.02 bits per heavy atom. The molecule has 3 heterocycles. The summed E-state index contributed by atoms with van der Waals surface area (Å²) in [5.41, 5.74) is 4.66. The molecule has 4 N–H and O–H groups in total. The lowest BCUT2D eigenvalue weighted by molar-refractivity contribution is -0.150. The molecular weight excluding hydrogens is 502 g/mol. The fraction of sp³-hybridized carbons (Fsp3) is 0.594. The number of unbranched alkanes of at least 4 members (excludes halogenated alkanes) is 2. The Morgan fingerprint density at radius 3 is 2.75 bits per heavy atom. The third kappa shape index (κ3) is 8.77. The summed E-state index contributed by atoms with van der Waals surface area (Å²) in [6, 6.07) is 9.18. The van der Waals surface area contributed by atoms with Crippen LogP contribution in [0.2, 0.25) is 0 Å². The zero-order chi connectivity index (χ0) is 28.9. The molecule has 1 saturated heterocycles. The number of aliphatic carboxylic acids is 1. The van der Waals surface area contributed by atoms with E-state index in [9.17, 15) is 9.90 Å². The molecule has 4 rings (SSSR count). The van der Waals surface area contributed by atoms with Crippen molar-refractivity contribution < 1.29 is 14.6 Å². The molecule has 2 aromatic rings. The van der Waals surface area contributed by atoms with Gasteiger partial charge in [-0.25, -0.2) is 4.98 Å². The van der Waals surface area contributed by atoms with Gasteiger partial charge >= 0.3 is 5.97 Å². The van der Waals surface area contributed by atoms with Gasteiger partial charge in [-0.15, -0.1) is 0 Å². The Bertz CT molecular complexity index is 1080. The number of rotatable bonds is 15. The highest BCUT2D eigenvalue weighted by Crippen LogP contribution is 2.34. The number of likely N-dealkylation sites (tertiary alicyclic amines) is 1. The zero-order valence-corrected chi connectivity index (χ0v) is 24.8. The van der Waals surface area contributed by atoms with Crippen molar-refractivity contribution in [3.8, 4) is 0 Å². The highest BCUT2D eigenvalue weighted by atomic mass is 16.5. The number of hydrogen-bond acceptors (Lipinski definition) is 7. The van der Waals surface area contributed by atoms with Crippen molar-refractivity contribution in [1.82, 2.24) is 9.88 Å². The summed E-state index contributed by atoms with van der Waals surface area (Å²) in [5.74, 6) is 0.733. The summed E-state index contributed by atoms with van der Waals surface area (Å²) in [6.07, 6.45) is 8.77. The predicted molar refractivity (Wildman–Crippen MR) is 164 cm³/mol. The van der Waals surface area contributed by atoms with Gasteiger partial charge in [0.05, 0.1) is 6.10 Å². The van der Waals surface area contributed by atoms with Gasteiger partial charge in [0.2, 0.25) is 0 Å². The highest BCUT2D eigenvalue weighted by molar-refractivity contribution is 5.89. The van der Waals surface area contributed by atoms with Crippen LogP contribution in [0.15, 0.2) is 30.3 Å². The van der Waals surface area contributed by atoms with Crippen LogP contribution < -0.4 is 10.6 Å². The van der Waals surface area contributed by atoms with Gasteiger partial charge in [-0.3, -0.25) is 9.69 Å². The molecule has 2 aliphatic rings. The Hall–Kier alpha value is -2.97. The monoisotopic (exact) mass is 551 g/mol. The molecule has 8 nitrogen and oxygen atoms in total. The van der Waals surface area contributed by atoms with E-state index in [1.807, 2.05) is 36.9 Å². The largest absolute Gasteiger partial charge is 0.480 e. The molecule has 1 unspecified atom stereocenters. The molecular formula is C32H49N5O3. The number of carboxylic acid groups (broad SMARTS) is 1. The number of benzene rings is 1. The van der Waals surface area contributed by atoms with Gasteiger partial charge in [0.15, 0.2) is 0 Å². The van der Waals surface area contributed by atoms with Crippen LogP contribution in [0.5, 0.6) is 0 Å². The maximum Gasteiger partial charge on any atom is 0.325 e. The number of nitrogens with zero attached hydrogens (tertiary/aromatic N) is 2. The van der Waals surface area contributed by atoms with E-state index in [0.717, 1.165) is 68.8 Å². The number of fused-ring (bicyclic) bond motifs is 1. The van der Waals surface area contributed by atoms with Gasteiger partial charge < -0.3 is 25.9 Å². The molecule has 40 heavy (non-hydrogen) atoms. The fourth-order valence-corrected chi connectivity index (χ4v) is 5.24. The van der Waals surface area contributed by atoms with Crippen LogP contribution in [0, 0.1) is 11.3 Å². The molecule has 1 atom stereocenters. The van der Waals surface area contributed by atoms with Crippen LogP contribution in [-0.4, -0.2) is 66.1 Å². The molecule has 0 saturated carbocycles. The van der Waals surface area contributed by atoms with E-state index in [2.05, 4.69) is 36.6 Å². The normalized spacial score (nSPS) is 15.7. The first-order valence-electron chi connectivity index (χ1n) is 15.1. The van der Waals surface area contributed by atoms with Crippen LogP contribution in [-0.2, 0) is 22.4 Å². The Kier molecular flexibility index (Phi) is 12.9. The second kappa shape index (κ2) is 16.3. The lowest BCUT2D eigenvalue weighted by atomic mass is 9.96. The minimum Gasteiger partial charge on any atom is -0.480 e. The number of hydrogen-bond donors (Lipinski definition) is 4. The average molecular weight is 552 g/mol. The molecule has 0 spiro atoms. The number of para-hydroxylation sites is 1. The van der Waals surface area contributed by atoms with E-state index >= 15 is 0 Å². The van der Waals surface area contributed by atoms with Crippen LogP contribution in [0.3, 0.4) is 0 Å². The van der Waals surface area contributed by atoms with E-state index in [-0.39, 0.29) is 6.10 Å². The smallest absolute Gasteiger partial charge is 0.325 e. The fourth-order valence-electron chi connectivity index (χ4n) is 5.24. The third-order valence-electron chi connectivity index (χ3n) is 7.46. The van der Waals surface area contributed by atoms with Gasteiger partial charge in [0.1, 0.15) is 11.9 Å². The Morgan fingerprint density at radius 1 is 1.23 bits per heavy atom. The molecule has 0 bridgehead atoms. The Balaban J connectivity index is 0.00000216. The number of aromatic nitrogens is 1. The molecule has 1 fully saturated rings. The number of ether oxygens (including phenoxy) is 1. The van der Waals surface area contributed by atoms with Crippen molar-refractivity contribution >= 4 is 23.7 Å². The second-order valence-corrected chi connectivity index (χ2v) is 10.9. The summed E-state index contributed by atoms with van der Waals surface area (Å²) in [5, 5.41) is 24.7. The lowest BCUT2D eigenvalue weighted by Crippen LogP contribution is -2.55. The zero-order valence-electron chi connectivity index (χ0n) is 24.8.